The van der Waals surface area contributed by atoms with Crippen molar-refractivity contribution in [1.29, 1.82) is 0 Å². The van der Waals surface area contributed by atoms with Crippen molar-refractivity contribution in [2.75, 3.05) is 5.88 Å². The Bertz CT molecular complexity index is 326. The summed E-state index contributed by atoms with van der Waals surface area (Å²) in [6.07, 6.45) is -1.57. The molecule has 0 aliphatic carbocycles. The Balaban J connectivity index is 2.99. The highest BCUT2D eigenvalue weighted by Crippen LogP contribution is 2.22. The molecular weight excluding hydrogens is 276 g/mol. The fourth-order valence-electron chi connectivity index (χ4n) is 0.946. The molecule has 2 atom stereocenters. The number of hydrogen-bond donors (Lipinski definition) is 2. The van der Waals surface area contributed by atoms with Gasteiger partial charge >= 0.3 is 0 Å². The maximum absolute atomic E-state index is 13.1. The number of aromatic nitrogens is 1. The van der Waals surface area contributed by atoms with Gasteiger partial charge in [-0.2, -0.15) is 0 Å². The maximum atomic E-state index is 13.1. The molecule has 0 saturated carbocycles. The zero-order chi connectivity index (χ0) is 10.7. The lowest BCUT2D eigenvalue weighted by molar-refractivity contribution is 0.0303. The monoisotopic (exact) mass is 283 g/mol. The maximum Gasteiger partial charge on any atom is 0.147 e. The number of pyridine rings is 1. The lowest BCUT2D eigenvalue weighted by atomic mass is 10.1. The number of nitrogens with zero attached hydrogens (tertiary/aromatic N) is 1. The van der Waals surface area contributed by atoms with E-state index in [0.29, 0.717) is 4.60 Å². The highest BCUT2D eigenvalue weighted by molar-refractivity contribution is 9.10. The normalized spacial score (nSPS) is 15.2. The Morgan fingerprint density at radius 1 is 1.57 bits per heavy atom. The van der Waals surface area contributed by atoms with Gasteiger partial charge in [-0.05, 0) is 22.0 Å². The van der Waals surface area contributed by atoms with Crippen molar-refractivity contribution in [3.05, 3.63) is 28.2 Å². The Labute approximate surface area is 93.7 Å². The van der Waals surface area contributed by atoms with Gasteiger partial charge in [-0.15, -0.1) is 11.6 Å². The van der Waals surface area contributed by atoms with Gasteiger partial charge < -0.3 is 10.2 Å². The van der Waals surface area contributed by atoms with E-state index in [1.807, 2.05) is 0 Å². The fraction of sp³-hybridized carbons (Fsp3) is 0.375. The number of aliphatic hydroxyl groups excluding tert-OH is 2. The van der Waals surface area contributed by atoms with Gasteiger partial charge in [-0.3, -0.25) is 0 Å². The summed E-state index contributed by atoms with van der Waals surface area (Å²) in [7, 11) is 0. The highest BCUT2D eigenvalue weighted by atomic mass is 79.9. The standard InChI is InChI=1S/C8H8BrClFNO2/c9-7-1-4(5(11)3-12-7)8(14)6(13)2-10/h1,3,6,8,13-14H,2H2. The molecule has 0 spiro atoms. The molecule has 0 bridgehead atoms. The first-order valence-corrected chi connectivity index (χ1v) is 5.12. The van der Waals surface area contributed by atoms with Crippen molar-refractivity contribution in [2.45, 2.75) is 12.2 Å². The first-order valence-electron chi connectivity index (χ1n) is 3.79. The summed E-state index contributed by atoms with van der Waals surface area (Å²) in [6, 6.07) is 1.30. The summed E-state index contributed by atoms with van der Waals surface area (Å²) in [5.41, 5.74) is -0.0278. The van der Waals surface area contributed by atoms with Crippen molar-refractivity contribution in [3.63, 3.8) is 0 Å². The molecule has 0 saturated heterocycles. The molecule has 0 radical (unpaired) electrons. The van der Waals surface area contributed by atoms with Gasteiger partial charge in [-0.1, -0.05) is 0 Å². The second-order valence-corrected chi connectivity index (χ2v) is 3.82. The summed E-state index contributed by atoms with van der Waals surface area (Å²) in [6.45, 7) is 0. The van der Waals surface area contributed by atoms with Crippen LogP contribution in [0, 0.1) is 5.82 Å². The first-order chi connectivity index (χ1) is 6.56. The van der Waals surface area contributed by atoms with Crippen molar-refractivity contribution < 1.29 is 14.6 Å². The van der Waals surface area contributed by atoms with Crippen LogP contribution < -0.4 is 0 Å². The highest BCUT2D eigenvalue weighted by Gasteiger charge is 2.21. The zero-order valence-corrected chi connectivity index (χ0v) is 9.33. The topological polar surface area (TPSA) is 53.4 Å². The van der Waals surface area contributed by atoms with Gasteiger partial charge in [0.25, 0.3) is 0 Å². The number of halogens is 3. The van der Waals surface area contributed by atoms with E-state index in [9.17, 15) is 14.6 Å². The van der Waals surface area contributed by atoms with E-state index < -0.39 is 18.0 Å². The number of hydrogen-bond acceptors (Lipinski definition) is 3. The van der Waals surface area contributed by atoms with E-state index >= 15 is 0 Å². The molecule has 2 unspecified atom stereocenters. The third-order valence-electron chi connectivity index (χ3n) is 1.69. The first kappa shape index (κ1) is 11.8. The third kappa shape index (κ3) is 2.63. The van der Waals surface area contributed by atoms with E-state index in [2.05, 4.69) is 20.9 Å². The van der Waals surface area contributed by atoms with Crippen LogP contribution in [0.1, 0.15) is 11.7 Å². The van der Waals surface area contributed by atoms with Crippen LogP contribution >= 0.6 is 27.5 Å². The summed E-state index contributed by atoms with van der Waals surface area (Å²) >= 11 is 8.36. The van der Waals surface area contributed by atoms with Crippen molar-refractivity contribution >= 4 is 27.5 Å². The quantitative estimate of drug-likeness (QED) is 0.655. The Kier molecular flexibility index (Phi) is 4.25. The second-order valence-electron chi connectivity index (χ2n) is 2.70. The van der Waals surface area contributed by atoms with Crippen LogP contribution in [-0.2, 0) is 0 Å². The molecule has 1 rings (SSSR count). The van der Waals surface area contributed by atoms with Crippen LogP contribution in [0.25, 0.3) is 0 Å². The average molecular weight is 285 g/mol. The van der Waals surface area contributed by atoms with Gasteiger partial charge in [0, 0.05) is 5.56 Å². The molecule has 1 heterocycles. The van der Waals surface area contributed by atoms with E-state index in [-0.39, 0.29) is 11.4 Å². The smallest absolute Gasteiger partial charge is 0.147 e. The fourth-order valence-corrected chi connectivity index (χ4v) is 1.46. The molecule has 3 nitrogen and oxygen atoms in total. The second kappa shape index (κ2) is 5.02. The summed E-state index contributed by atoms with van der Waals surface area (Å²) in [5, 5.41) is 18.7. The Morgan fingerprint density at radius 3 is 2.79 bits per heavy atom. The van der Waals surface area contributed by atoms with Gasteiger partial charge in [0.1, 0.15) is 16.5 Å². The molecule has 0 amide bonds. The van der Waals surface area contributed by atoms with Crippen LogP contribution in [-0.4, -0.2) is 27.2 Å². The minimum Gasteiger partial charge on any atom is -0.389 e. The van der Waals surface area contributed by atoms with E-state index in [4.69, 9.17) is 11.6 Å². The molecule has 0 aliphatic heterocycles. The minimum atomic E-state index is -1.34. The Morgan fingerprint density at radius 2 is 2.21 bits per heavy atom. The average Bonchev–Trinajstić information content (AvgIpc) is 2.19. The Hall–Kier alpha value is -0.230. The predicted octanol–water partition coefficient (Wildman–Crippen LogP) is 1.62. The van der Waals surface area contributed by atoms with Crippen LogP contribution in [0.2, 0.25) is 0 Å². The third-order valence-corrected chi connectivity index (χ3v) is 2.44. The molecule has 1 aromatic rings. The lowest BCUT2D eigenvalue weighted by Gasteiger charge is -2.16. The largest absolute Gasteiger partial charge is 0.389 e. The van der Waals surface area contributed by atoms with E-state index in [0.717, 1.165) is 6.20 Å². The molecular formula is C8H8BrClFNO2. The van der Waals surface area contributed by atoms with Crippen LogP contribution in [0.15, 0.2) is 16.9 Å². The van der Waals surface area contributed by atoms with Crippen LogP contribution in [0.4, 0.5) is 4.39 Å². The molecule has 14 heavy (non-hydrogen) atoms. The van der Waals surface area contributed by atoms with Gasteiger partial charge in [0.15, 0.2) is 0 Å². The van der Waals surface area contributed by atoms with E-state index in [1.165, 1.54) is 6.07 Å². The summed E-state index contributed by atoms with van der Waals surface area (Å²) < 4.78 is 13.5. The number of aliphatic hydroxyl groups is 2. The SMILES string of the molecule is OC(CCl)C(O)c1cc(Br)ncc1F. The number of rotatable bonds is 3. The molecule has 0 fully saturated rings. The van der Waals surface area contributed by atoms with Gasteiger partial charge in [-0.25, -0.2) is 9.37 Å². The zero-order valence-electron chi connectivity index (χ0n) is 6.99. The molecule has 6 heteroatoms. The minimum absolute atomic E-state index is 0.0278. The summed E-state index contributed by atoms with van der Waals surface area (Å²) in [5.74, 6) is -0.842. The van der Waals surface area contributed by atoms with Crippen molar-refractivity contribution in [3.8, 4) is 0 Å². The molecule has 1 aromatic heterocycles. The molecule has 2 N–H and O–H groups in total. The van der Waals surface area contributed by atoms with E-state index in [1.54, 1.807) is 0 Å². The van der Waals surface area contributed by atoms with Crippen LogP contribution in [0.5, 0.6) is 0 Å². The lowest BCUT2D eigenvalue weighted by Crippen LogP contribution is -2.20. The van der Waals surface area contributed by atoms with Crippen LogP contribution in [0.3, 0.4) is 0 Å². The number of alkyl halides is 1. The summed E-state index contributed by atoms with van der Waals surface area (Å²) in [4.78, 5) is 3.62. The van der Waals surface area contributed by atoms with Crippen molar-refractivity contribution in [2.24, 2.45) is 0 Å². The van der Waals surface area contributed by atoms with Gasteiger partial charge in [0.05, 0.1) is 18.2 Å². The van der Waals surface area contributed by atoms with Crippen molar-refractivity contribution in [1.82, 2.24) is 4.98 Å². The molecule has 78 valence electrons. The van der Waals surface area contributed by atoms with Gasteiger partial charge in [0.2, 0.25) is 0 Å². The molecule has 0 aliphatic rings. The predicted molar refractivity (Wildman–Crippen MR) is 53.6 cm³/mol. The molecule has 0 aromatic carbocycles.